The largest absolute Gasteiger partial charge is 0.468 e. The number of carbonyl (C=O) groups excluding carboxylic acids is 2. The second-order valence-corrected chi connectivity index (χ2v) is 5.72. The molecule has 130 valence electrons. The highest BCUT2D eigenvalue weighted by Crippen LogP contribution is 2.24. The van der Waals surface area contributed by atoms with E-state index in [-0.39, 0.29) is 5.78 Å². The van der Waals surface area contributed by atoms with Gasteiger partial charge in [-0.2, -0.15) is 0 Å². The first-order chi connectivity index (χ1) is 11.4. The van der Waals surface area contributed by atoms with Gasteiger partial charge >= 0.3 is 5.97 Å². The number of carbonyl (C=O) groups is 2. The lowest BCUT2D eigenvalue weighted by molar-refractivity contribution is 0.0587. The SMILES string of the molecule is CCn1c(C)c(C(=O)C(C)NCc2ccco2)c(C)c1C(=O)OC. The minimum atomic E-state index is -0.423. The van der Waals surface area contributed by atoms with Crippen LogP contribution in [0.2, 0.25) is 0 Å². The molecule has 0 bridgehead atoms. The Morgan fingerprint density at radius 1 is 1.38 bits per heavy atom. The minimum absolute atomic E-state index is 0.0473. The number of nitrogens with zero attached hydrogens (tertiary/aromatic N) is 1. The quantitative estimate of drug-likeness (QED) is 0.623. The second-order valence-electron chi connectivity index (χ2n) is 5.72. The summed E-state index contributed by atoms with van der Waals surface area (Å²) < 4.78 is 12.0. The van der Waals surface area contributed by atoms with Gasteiger partial charge in [0.15, 0.2) is 5.78 Å². The Morgan fingerprint density at radius 3 is 2.62 bits per heavy atom. The number of ketones is 1. The molecule has 0 saturated carbocycles. The van der Waals surface area contributed by atoms with Crippen LogP contribution in [-0.2, 0) is 17.8 Å². The van der Waals surface area contributed by atoms with Crippen LogP contribution in [0.15, 0.2) is 22.8 Å². The first-order valence-electron chi connectivity index (χ1n) is 8.00. The summed E-state index contributed by atoms with van der Waals surface area (Å²) in [6.07, 6.45) is 1.60. The second kappa shape index (κ2) is 7.49. The number of Topliss-reactive ketones (excluding diaryl/α,β-unsaturated/α-hetero) is 1. The maximum atomic E-state index is 12.9. The lowest BCUT2D eigenvalue weighted by atomic mass is 10.0. The van der Waals surface area contributed by atoms with E-state index in [0.29, 0.717) is 29.9 Å². The van der Waals surface area contributed by atoms with Gasteiger partial charge in [0.2, 0.25) is 0 Å². The monoisotopic (exact) mass is 332 g/mol. The van der Waals surface area contributed by atoms with E-state index in [0.717, 1.165) is 11.5 Å². The summed E-state index contributed by atoms with van der Waals surface area (Å²) in [7, 11) is 1.35. The van der Waals surface area contributed by atoms with Crippen LogP contribution < -0.4 is 5.32 Å². The standard InChI is InChI=1S/C18H24N2O4/c1-6-20-13(4)15(11(2)16(20)18(22)23-5)17(21)12(3)19-10-14-8-7-9-24-14/h7-9,12,19H,6,10H2,1-5H3. The van der Waals surface area contributed by atoms with E-state index in [4.69, 9.17) is 9.15 Å². The molecule has 6 nitrogen and oxygen atoms in total. The summed E-state index contributed by atoms with van der Waals surface area (Å²) in [5.41, 5.74) is 2.47. The number of nitrogens with one attached hydrogen (secondary N) is 1. The van der Waals surface area contributed by atoms with Crippen molar-refractivity contribution in [3.63, 3.8) is 0 Å². The van der Waals surface area contributed by atoms with Gasteiger partial charge in [-0.05, 0) is 45.4 Å². The van der Waals surface area contributed by atoms with Gasteiger partial charge in [0.1, 0.15) is 11.5 Å². The van der Waals surface area contributed by atoms with Gasteiger partial charge in [-0.3, -0.25) is 4.79 Å². The Bertz CT molecular complexity index is 729. The van der Waals surface area contributed by atoms with E-state index >= 15 is 0 Å². The molecule has 1 unspecified atom stereocenters. The number of furan rings is 1. The van der Waals surface area contributed by atoms with Gasteiger partial charge in [-0.25, -0.2) is 4.79 Å². The number of methoxy groups -OCH3 is 1. The molecule has 1 N–H and O–H groups in total. The summed E-state index contributed by atoms with van der Waals surface area (Å²) in [5.74, 6) is 0.297. The summed E-state index contributed by atoms with van der Waals surface area (Å²) in [4.78, 5) is 25.0. The molecule has 2 heterocycles. The first-order valence-corrected chi connectivity index (χ1v) is 8.00. The number of hydrogen-bond donors (Lipinski definition) is 1. The van der Waals surface area contributed by atoms with Crippen LogP contribution in [0, 0.1) is 13.8 Å². The van der Waals surface area contributed by atoms with Crippen LogP contribution in [0.4, 0.5) is 0 Å². The number of esters is 1. The van der Waals surface area contributed by atoms with Crippen LogP contribution in [-0.4, -0.2) is 29.5 Å². The summed E-state index contributed by atoms with van der Waals surface area (Å²) in [6.45, 7) is 8.46. The maximum Gasteiger partial charge on any atom is 0.354 e. The Hall–Kier alpha value is -2.34. The molecule has 2 aromatic heterocycles. The van der Waals surface area contributed by atoms with Crippen molar-refractivity contribution in [2.75, 3.05) is 7.11 Å². The third kappa shape index (κ3) is 3.28. The molecule has 0 aliphatic heterocycles. The van der Waals surface area contributed by atoms with Gasteiger partial charge in [0.25, 0.3) is 0 Å². The molecule has 0 amide bonds. The molecule has 0 aliphatic carbocycles. The summed E-state index contributed by atoms with van der Waals surface area (Å²) in [6, 6.07) is 3.26. The number of ether oxygens (including phenoxy) is 1. The van der Waals surface area contributed by atoms with Crippen molar-refractivity contribution in [2.24, 2.45) is 0 Å². The average Bonchev–Trinajstić information content (AvgIpc) is 3.17. The summed E-state index contributed by atoms with van der Waals surface area (Å²) in [5, 5.41) is 3.16. The molecule has 0 saturated heterocycles. The van der Waals surface area contributed by atoms with Gasteiger partial charge in [-0.15, -0.1) is 0 Å². The van der Waals surface area contributed by atoms with Crippen LogP contribution in [0.25, 0.3) is 0 Å². The molecule has 24 heavy (non-hydrogen) atoms. The minimum Gasteiger partial charge on any atom is -0.468 e. The maximum absolute atomic E-state index is 12.9. The Morgan fingerprint density at radius 2 is 2.08 bits per heavy atom. The number of hydrogen-bond acceptors (Lipinski definition) is 5. The van der Waals surface area contributed by atoms with E-state index < -0.39 is 12.0 Å². The normalized spacial score (nSPS) is 12.2. The zero-order chi connectivity index (χ0) is 17.9. The van der Waals surface area contributed by atoms with Crippen molar-refractivity contribution in [1.29, 1.82) is 0 Å². The first kappa shape index (κ1) is 18.0. The van der Waals surface area contributed by atoms with E-state index in [1.807, 2.05) is 37.5 Å². The van der Waals surface area contributed by atoms with E-state index in [9.17, 15) is 9.59 Å². The van der Waals surface area contributed by atoms with E-state index in [2.05, 4.69) is 5.32 Å². The van der Waals surface area contributed by atoms with Crippen molar-refractivity contribution in [3.8, 4) is 0 Å². The highest BCUT2D eigenvalue weighted by molar-refractivity contribution is 6.05. The zero-order valence-electron chi connectivity index (χ0n) is 14.8. The highest BCUT2D eigenvalue weighted by atomic mass is 16.5. The molecule has 0 fully saturated rings. The van der Waals surface area contributed by atoms with Crippen molar-refractivity contribution >= 4 is 11.8 Å². The zero-order valence-corrected chi connectivity index (χ0v) is 14.8. The molecule has 0 aromatic carbocycles. The molecule has 6 heteroatoms. The van der Waals surface area contributed by atoms with Gasteiger partial charge in [0.05, 0.1) is 26.0 Å². The molecule has 1 atom stereocenters. The number of aromatic nitrogens is 1. The molecular formula is C18H24N2O4. The Kier molecular flexibility index (Phi) is 5.62. The third-order valence-corrected chi connectivity index (χ3v) is 4.26. The van der Waals surface area contributed by atoms with E-state index in [1.165, 1.54) is 7.11 Å². The lowest BCUT2D eigenvalue weighted by Crippen LogP contribution is -2.34. The van der Waals surface area contributed by atoms with Crippen molar-refractivity contribution in [2.45, 2.75) is 46.8 Å². The lowest BCUT2D eigenvalue weighted by Gasteiger charge is -2.13. The fourth-order valence-electron chi connectivity index (χ4n) is 2.99. The predicted octanol–water partition coefficient (Wildman–Crippen LogP) is 2.87. The Labute approximate surface area is 141 Å². The molecule has 0 aliphatic rings. The van der Waals surface area contributed by atoms with Crippen LogP contribution in [0.1, 0.15) is 51.7 Å². The van der Waals surface area contributed by atoms with Gasteiger partial charge < -0.3 is 19.0 Å². The highest BCUT2D eigenvalue weighted by Gasteiger charge is 2.28. The molecule has 2 aromatic rings. The molecule has 0 spiro atoms. The fourth-order valence-corrected chi connectivity index (χ4v) is 2.99. The van der Waals surface area contributed by atoms with Crippen LogP contribution in [0.5, 0.6) is 0 Å². The molecule has 0 radical (unpaired) electrons. The smallest absolute Gasteiger partial charge is 0.354 e. The molecular weight excluding hydrogens is 308 g/mol. The van der Waals surface area contributed by atoms with Crippen molar-refractivity contribution in [3.05, 3.63) is 46.7 Å². The molecule has 2 rings (SSSR count). The summed E-state index contributed by atoms with van der Waals surface area (Å²) >= 11 is 0. The van der Waals surface area contributed by atoms with Crippen molar-refractivity contribution in [1.82, 2.24) is 9.88 Å². The fraction of sp³-hybridized carbons (Fsp3) is 0.444. The van der Waals surface area contributed by atoms with Gasteiger partial charge in [-0.1, -0.05) is 0 Å². The van der Waals surface area contributed by atoms with Crippen molar-refractivity contribution < 1.29 is 18.7 Å². The average molecular weight is 332 g/mol. The van der Waals surface area contributed by atoms with E-state index in [1.54, 1.807) is 13.2 Å². The topological polar surface area (TPSA) is 73.5 Å². The van der Waals surface area contributed by atoms with Crippen LogP contribution >= 0.6 is 0 Å². The Balaban J connectivity index is 2.28. The van der Waals surface area contributed by atoms with Crippen LogP contribution in [0.3, 0.4) is 0 Å². The number of rotatable bonds is 7. The predicted molar refractivity (Wildman–Crippen MR) is 90.3 cm³/mol. The third-order valence-electron chi connectivity index (χ3n) is 4.26. The van der Waals surface area contributed by atoms with Gasteiger partial charge in [0, 0.05) is 17.8 Å².